The maximum atomic E-state index is 12.5. The molecule has 29 heavy (non-hydrogen) atoms. The molecule has 3 aromatic rings. The highest BCUT2D eigenvalue weighted by molar-refractivity contribution is 7.14. The van der Waals surface area contributed by atoms with Crippen molar-refractivity contribution in [3.05, 3.63) is 57.9 Å². The van der Waals surface area contributed by atoms with E-state index in [1.165, 1.54) is 17.8 Å². The van der Waals surface area contributed by atoms with Gasteiger partial charge in [-0.15, -0.1) is 11.3 Å². The zero-order chi connectivity index (χ0) is 20.2. The highest BCUT2D eigenvalue weighted by atomic mass is 35.5. The lowest BCUT2D eigenvalue weighted by atomic mass is 9.88. The molecule has 150 valence electrons. The molecule has 7 heteroatoms. The summed E-state index contributed by atoms with van der Waals surface area (Å²) >= 11 is 13.7. The maximum Gasteiger partial charge on any atom is 0.227 e. The summed E-state index contributed by atoms with van der Waals surface area (Å²) in [4.78, 5) is 17.2. The van der Waals surface area contributed by atoms with E-state index in [1.807, 2.05) is 35.7 Å². The molecule has 2 aromatic carbocycles. The van der Waals surface area contributed by atoms with Crippen molar-refractivity contribution in [2.75, 3.05) is 10.6 Å². The van der Waals surface area contributed by atoms with Crippen LogP contribution in [0.15, 0.2) is 47.8 Å². The fraction of sp³-hybridized carbons (Fsp3) is 0.273. The van der Waals surface area contributed by atoms with Gasteiger partial charge in [0.05, 0.1) is 16.4 Å². The number of amides is 1. The fourth-order valence-electron chi connectivity index (χ4n) is 3.54. The summed E-state index contributed by atoms with van der Waals surface area (Å²) in [7, 11) is 0. The Bertz CT molecular complexity index is 1010. The first-order valence-corrected chi connectivity index (χ1v) is 11.3. The number of carbonyl (C=O) groups excluding carboxylic acids is 1. The van der Waals surface area contributed by atoms with Gasteiger partial charge in [-0.25, -0.2) is 4.98 Å². The molecule has 1 aromatic heterocycles. The lowest BCUT2D eigenvalue weighted by Gasteiger charge is -2.20. The Hall–Kier alpha value is -2.08. The first-order valence-electron chi connectivity index (χ1n) is 9.67. The fourth-order valence-corrected chi connectivity index (χ4v) is 4.72. The van der Waals surface area contributed by atoms with Gasteiger partial charge in [0.1, 0.15) is 0 Å². The van der Waals surface area contributed by atoms with Gasteiger partial charge in [0, 0.05) is 27.6 Å². The molecule has 0 spiro atoms. The molecule has 4 nitrogen and oxygen atoms in total. The number of anilines is 3. The summed E-state index contributed by atoms with van der Waals surface area (Å²) in [5.41, 5.74) is 3.36. The number of benzene rings is 2. The number of hydrogen-bond donors (Lipinski definition) is 2. The molecule has 1 aliphatic rings. The van der Waals surface area contributed by atoms with Gasteiger partial charge in [-0.2, -0.15) is 0 Å². The van der Waals surface area contributed by atoms with Crippen molar-refractivity contribution in [1.29, 1.82) is 0 Å². The van der Waals surface area contributed by atoms with E-state index in [1.54, 1.807) is 12.1 Å². The van der Waals surface area contributed by atoms with E-state index in [9.17, 15) is 4.79 Å². The lowest BCUT2D eigenvalue weighted by molar-refractivity contribution is -0.120. The number of halogens is 2. The molecule has 1 saturated carbocycles. The van der Waals surface area contributed by atoms with Gasteiger partial charge in [0.25, 0.3) is 0 Å². The number of aromatic nitrogens is 1. The summed E-state index contributed by atoms with van der Waals surface area (Å²) in [6.07, 6.45) is 5.50. The molecule has 0 radical (unpaired) electrons. The second-order valence-electron chi connectivity index (χ2n) is 7.19. The Balaban J connectivity index is 1.46. The van der Waals surface area contributed by atoms with Gasteiger partial charge < -0.3 is 10.6 Å². The first kappa shape index (κ1) is 20.2. The van der Waals surface area contributed by atoms with Crippen molar-refractivity contribution in [3.8, 4) is 11.3 Å². The Kier molecular flexibility index (Phi) is 6.38. The van der Waals surface area contributed by atoms with Crippen molar-refractivity contribution in [1.82, 2.24) is 4.98 Å². The largest absolute Gasteiger partial charge is 0.330 e. The van der Waals surface area contributed by atoms with Crippen molar-refractivity contribution >= 4 is 57.0 Å². The lowest BCUT2D eigenvalue weighted by Crippen LogP contribution is -2.24. The molecule has 0 saturated heterocycles. The van der Waals surface area contributed by atoms with Crippen LogP contribution >= 0.6 is 34.5 Å². The van der Waals surface area contributed by atoms with Gasteiger partial charge in [0.2, 0.25) is 5.91 Å². The summed E-state index contributed by atoms with van der Waals surface area (Å²) in [5, 5.41) is 10.1. The third kappa shape index (κ3) is 5.10. The van der Waals surface area contributed by atoms with E-state index < -0.39 is 0 Å². The van der Waals surface area contributed by atoms with Crippen LogP contribution in [0.2, 0.25) is 10.0 Å². The predicted octanol–water partition coefficient (Wildman–Crippen LogP) is 7.38. The highest BCUT2D eigenvalue weighted by Crippen LogP contribution is 2.32. The standard InChI is InChI=1S/C22H21Cl2N3OS/c23-16-9-10-19(18(24)12-16)26-22-27-20(13-29-22)15-7-4-8-17(11-15)25-21(28)14-5-2-1-3-6-14/h4,7-14H,1-3,5-6H2,(H,25,28)(H,26,27). The van der Waals surface area contributed by atoms with Gasteiger partial charge in [-0.3, -0.25) is 4.79 Å². The number of carbonyl (C=O) groups is 1. The molecule has 1 fully saturated rings. The zero-order valence-corrected chi connectivity index (χ0v) is 18.1. The van der Waals surface area contributed by atoms with E-state index in [4.69, 9.17) is 23.2 Å². The third-order valence-electron chi connectivity index (χ3n) is 5.08. The minimum Gasteiger partial charge on any atom is -0.330 e. The second kappa shape index (κ2) is 9.16. The quantitative estimate of drug-likeness (QED) is 0.430. The molecule has 0 aliphatic heterocycles. The van der Waals surface area contributed by atoms with Crippen LogP contribution < -0.4 is 10.6 Å². The first-order chi connectivity index (χ1) is 14.1. The van der Waals surface area contributed by atoms with Crippen LogP contribution in [-0.4, -0.2) is 10.9 Å². The smallest absolute Gasteiger partial charge is 0.227 e. The van der Waals surface area contributed by atoms with Crippen LogP contribution in [0.5, 0.6) is 0 Å². The molecule has 1 aliphatic carbocycles. The van der Waals surface area contributed by atoms with E-state index in [2.05, 4.69) is 15.6 Å². The van der Waals surface area contributed by atoms with Crippen LogP contribution in [-0.2, 0) is 4.79 Å². The van der Waals surface area contributed by atoms with E-state index >= 15 is 0 Å². The van der Waals surface area contributed by atoms with E-state index in [0.29, 0.717) is 10.0 Å². The summed E-state index contributed by atoms with van der Waals surface area (Å²) in [6, 6.07) is 13.1. The molecule has 1 heterocycles. The Labute approximate surface area is 184 Å². The predicted molar refractivity (Wildman–Crippen MR) is 122 cm³/mol. The minimum absolute atomic E-state index is 0.125. The zero-order valence-electron chi connectivity index (χ0n) is 15.8. The summed E-state index contributed by atoms with van der Waals surface area (Å²) < 4.78 is 0. The molecule has 0 unspecified atom stereocenters. The number of hydrogen-bond acceptors (Lipinski definition) is 4. The molecule has 0 atom stereocenters. The number of nitrogens with one attached hydrogen (secondary N) is 2. The van der Waals surface area contributed by atoms with Gasteiger partial charge in [-0.1, -0.05) is 54.6 Å². The van der Waals surface area contributed by atoms with Crippen LogP contribution in [0.3, 0.4) is 0 Å². The van der Waals surface area contributed by atoms with Gasteiger partial charge in [-0.05, 0) is 43.2 Å². The average Bonchev–Trinajstić information content (AvgIpc) is 3.20. The molecule has 0 bridgehead atoms. The molecular formula is C22H21Cl2N3OS. The number of nitrogens with zero attached hydrogens (tertiary/aromatic N) is 1. The highest BCUT2D eigenvalue weighted by Gasteiger charge is 2.21. The van der Waals surface area contributed by atoms with Gasteiger partial charge >= 0.3 is 0 Å². The SMILES string of the molecule is O=C(Nc1cccc(-c2csc(Nc3ccc(Cl)cc3Cl)n2)c1)C1CCCCC1. The number of rotatable bonds is 5. The molecule has 4 rings (SSSR count). The van der Waals surface area contributed by atoms with Crippen LogP contribution in [0.25, 0.3) is 11.3 Å². The molecule has 1 amide bonds. The Morgan fingerprint density at radius 3 is 2.69 bits per heavy atom. The van der Waals surface area contributed by atoms with Crippen molar-refractivity contribution in [3.63, 3.8) is 0 Å². The number of thiazole rings is 1. The Morgan fingerprint density at radius 1 is 1.07 bits per heavy atom. The molecular weight excluding hydrogens is 425 g/mol. The van der Waals surface area contributed by atoms with Crippen LogP contribution in [0, 0.1) is 5.92 Å². The Morgan fingerprint density at radius 2 is 1.90 bits per heavy atom. The maximum absolute atomic E-state index is 12.5. The van der Waals surface area contributed by atoms with Crippen LogP contribution in [0.1, 0.15) is 32.1 Å². The molecule has 2 N–H and O–H groups in total. The van der Waals surface area contributed by atoms with Crippen molar-refractivity contribution in [2.24, 2.45) is 5.92 Å². The minimum atomic E-state index is 0.125. The topological polar surface area (TPSA) is 54.0 Å². The second-order valence-corrected chi connectivity index (χ2v) is 8.89. The van der Waals surface area contributed by atoms with E-state index in [-0.39, 0.29) is 11.8 Å². The summed E-state index contributed by atoms with van der Waals surface area (Å²) in [5.74, 6) is 0.256. The monoisotopic (exact) mass is 445 g/mol. The van der Waals surface area contributed by atoms with Gasteiger partial charge in [0.15, 0.2) is 5.13 Å². The normalized spacial score (nSPS) is 14.6. The average molecular weight is 446 g/mol. The van der Waals surface area contributed by atoms with E-state index in [0.717, 1.165) is 53.4 Å². The van der Waals surface area contributed by atoms with Crippen molar-refractivity contribution < 1.29 is 4.79 Å². The third-order valence-corrected chi connectivity index (χ3v) is 6.38. The van der Waals surface area contributed by atoms with Crippen LogP contribution in [0.4, 0.5) is 16.5 Å². The van der Waals surface area contributed by atoms with Crippen molar-refractivity contribution in [2.45, 2.75) is 32.1 Å². The summed E-state index contributed by atoms with van der Waals surface area (Å²) in [6.45, 7) is 0.